The molecule has 0 spiro atoms. The van der Waals surface area contributed by atoms with Gasteiger partial charge in [0, 0.05) is 18.1 Å². The number of nitrogens with zero attached hydrogens (tertiary/aromatic N) is 2. The van der Waals surface area contributed by atoms with Crippen LogP contribution in [0.5, 0.6) is 0 Å². The third kappa shape index (κ3) is 4.61. The minimum absolute atomic E-state index is 0.229. The zero-order valence-corrected chi connectivity index (χ0v) is 17.1. The summed E-state index contributed by atoms with van der Waals surface area (Å²) < 4.78 is 0. The highest BCUT2D eigenvalue weighted by Crippen LogP contribution is 2.32. The number of urea groups is 1. The van der Waals surface area contributed by atoms with Crippen LogP contribution in [0.1, 0.15) is 11.1 Å². The van der Waals surface area contributed by atoms with Gasteiger partial charge in [0.2, 0.25) is 0 Å². The van der Waals surface area contributed by atoms with Gasteiger partial charge in [-0.3, -0.25) is 9.78 Å². The van der Waals surface area contributed by atoms with E-state index < -0.39 is 6.03 Å². The van der Waals surface area contributed by atoms with Gasteiger partial charge in [-0.15, -0.1) is 0 Å². The highest BCUT2D eigenvalue weighted by atomic mass is 35.5. The van der Waals surface area contributed by atoms with Gasteiger partial charge in [0.1, 0.15) is 0 Å². The lowest BCUT2D eigenvalue weighted by Crippen LogP contribution is -2.28. The molecule has 0 bridgehead atoms. The number of thioether (sulfide) groups is 1. The average Bonchev–Trinajstić information content (AvgIpc) is 3.07. The van der Waals surface area contributed by atoms with E-state index >= 15 is 0 Å². The number of primary amides is 1. The first kappa shape index (κ1) is 19.9. The molecule has 2 heterocycles. The Labute approximate surface area is 181 Å². The molecule has 1 aliphatic rings. The number of amidine groups is 1. The van der Waals surface area contributed by atoms with Crippen molar-refractivity contribution in [3.05, 3.63) is 75.8 Å². The lowest BCUT2D eigenvalue weighted by Gasteiger charge is -2.05. The van der Waals surface area contributed by atoms with Crippen molar-refractivity contribution < 1.29 is 9.59 Å². The first-order valence-electron chi connectivity index (χ1n) is 8.94. The molecule has 1 aromatic heterocycles. The van der Waals surface area contributed by atoms with Crippen LogP contribution in [-0.2, 0) is 11.3 Å². The first-order valence-corrected chi connectivity index (χ1v) is 10.1. The molecule has 1 fully saturated rings. The van der Waals surface area contributed by atoms with Crippen molar-refractivity contribution in [3.8, 4) is 0 Å². The van der Waals surface area contributed by atoms with Crippen molar-refractivity contribution in [2.75, 3.05) is 0 Å². The monoisotopic (exact) mass is 437 g/mol. The number of fused-ring (bicyclic) bond motifs is 1. The van der Waals surface area contributed by atoms with Crippen LogP contribution in [0.15, 0.2) is 64.6 Å². The second-order valence-corrected chi connectivity index (χ2v) is 7.88. The van der Waals surface area contributed by atoms with Crippen molar-refractivity contribution in [2.45, 2.75) is 6.54 Å². The summed E-state index contributed by atoms with van der Waals surface area (Å²) in [7, 11) is 0. The summed E-state index contributed by atoms with van der Waals surface area (Å²) in [4.78, 5) is 32.6. The Hall–Kier alpha value is -3.36. The quantitative estimate of drug-likeness (QED) is 0.537. The molecular formula is C21H16ClN5O2S. The molecule has 150 valence electrons. The van der Waals surface area contributed by atoms with E-state index in [0.29, 0.717) is 20.8 Å². The summed E-state index contributed by atoms with van der Waals surface area (Å²) in [6.45, 7) is 0.256. The second kappa shape index (κ2) is 8.56. The highest BCUT2D eigenvalue weighted by molar-refractivity contribution is 8.18. The molecule has 0 aliphatic carbocycles. The minimum Gasteiger partial charge on any atom is -0.352 e. The van der Waals surface area contributed by atoms with Gasteiger partial charge < -0.3 is 16.4 Å². The fourth-order valence-electron chi connectivity index (χ4n) is 2.87. The van der Waals surface area contributed by atoms with Gasteiger partial charge in [0.15, 0.2) is 5.17 Å². The fourth-order valence-corrected chi connectivity index (χ4v) is 3.86. The number of nitrogens with one attached hydrogen (secondary N) is 2. The SMILES string of the molecule is NC(=O)NCc1ccc(Cl)c(N=C2NC(=O)C(=Cc3ccc4ncccc4c3)S2)c1. The lowest BCUT2D eigenvalue weighted by molar-refractivity contribution is -0.115. The van der Waals surface area contributed by atoms with Crippen LogP contribution in [-0.4, -0.2) is 22.1 Å². The fraction of sp³-hybridized carbons (Fsp3) is 0.0476. The van der Waals surface area contributed by atoms with E-state index in [0.717, 1.165) is 22.0 Å². The number of aromatic nitrogens is 1. The molecule has 7 nitrogen and oxygen atoms in total. The third-order valence-corrected chi connectivity index (χ3v) is 5.50. The van der Waals surface area contributed by atoms with Crippen LogP contribution in [0.4, 0.5) is 10.5 Å². The van der Waals surface area contributed by atoms with Gasteiger partial charge in [-0.1, -0.05) is 29.8 Å². The van der Waals surface area contributed by atoms with E-state index in [-0.39, 0.29) is 12.5 Å². The van der Waals surface area contributed by atoms with Gasteiger partial charge in [-0.2, -0.15) is 0 Å². The zero-order chi connectivity index (χ0) is 21.1. The van der Waals surface area contributed by atoms with Crippen LogP contribution < -0.4 is 16.4 Å². The summed E-state index contributed by atoms with van der Waals surface area (Å²) in [5.41, 5.74) is 8.16. The highest BCUT2D eigenvalue weighted by Gasteiger charge is 2.24. The van der Waals surface area contributed by atoms with Crippen molar-refractivity contribution in [2.24, 2.45) is 10.7 Å². The zero-order valence-electron chi connectivity index (χ0n) is 15.6. The Kier molecular flexibility index (Phi) is 5.69. The predicted molar refractivity (Wildman–Crippen MR) is 120 cm³/mol. The van der Waals surface area contributed by atoms with Crippen LogP contribution in [0.3, 0.4) is 0 Å². The summed E-state index contributed by atoms with van der Waals surface area (Å²) in [5, 5.41) is 7.12. The van der Waals surface area contributed by atoms with Gasteiger partial charge in [0.05, 0.1) is 21.1 Å². The maximum Gasteiger partial charge on any atom is 0.312 e. The maximum atomic E-state index is 12.4. The molecule has 30 heavy (non-hydrogen) atoms. The molecule has 1 saturated heterocycles. The Morgan fingerprint density at radius 1 is 1.27 bits per heavy atom. The maximum absolute atomic E-state index is 12.4. The largest absolute Gasteiger partial charge is 0.352 e. The number of amides is 3. The number of hydrogen-bond donors (Lipinski definition) is 3. The van der Waals surface area contributed by atoms with Gasteiger partial charge >= 0.3 is 6.03 Å². The molecular weight excluding hydrogens is 422 g/mol. The lowest BCUT2D eigenvalue weighted by atomic mass is 10.1. The van der Waals surface area contributed by atoms with E-state index in [4.69, 9.17) is 17.3 Å². The number of pyridine rings is 1. The molecule has 0 saturated carbocycles. The second-order valence-electron chi connectivity index (χ2n) is 6.44. The Morgan fingerprint density at radius 2 is 2.13 bits per heavy atom. The number of carbonyl (C=O) groups is 2. The Morgan fingerprint density at radius 3 is 2.97 bits per heavy atom. The summed E-state index contributed by atoms with van der Waals surface area (Å²) in [6, 6.07) is 14.2. The van der Waals surface area contributed by atoms with E-state index in [1.54, 1.807) is 24.4 Å². The molecule has 0 unspecified atom stereocenters. The molecule has 9 heteroatoms. The number of hydrogen-bond acceptors (Lipinski definition) is 5. The van der Waals surface area contributed by atoms with Gasteiger partial charge in [-0.05, 0) is 59.3 Å². The molecule has 4 rings (SSSR count). The smallest absolute Gasteiger partial charge is 0.312 e. The van der Waals surface area contributed by atoms with Crippen molar-refractivity contribution in [1.29, 1.82) is 0 Å². The van der Waals surface area contributed by atoms with E-state index in [2.05, 4.69) is 20.6 Å². The number of aliphatic imine (C=N–C) groups is 1. The van der Waals surface area contributed by atoms with Gasteiger partial charge in [0.25, 0.3) is 5.91 Å². The average molecular weight is 438 g/mol. The normalized spacial score (nSPS) is 16.2. The topological polar surface area (TPSA) is 109 Å². The van der Waals surface area contributed by atoms with E-state index in [9.17, 15) is 9.59 Å². The number of halogens is 1. The van der Waals surface area contributed by atoms with Crippen molar-refractivity contribution in [3.63, 3.8) is 0 Å². The molecule has 0 radical (unpaired) electrons. The van der Waals surface area contributed by atoms with Crippen LogP contribution in [0, 0.1) is 0 Å². The standard InChI is InChI=1S/C21H16ClN5O2S/c22-15-5-3-13(11-25-20(23)29)9-17(15)26-21-27-19(28)18(30-21)10-12-4-6-16-14(8-12)2-1-7-24-16/h1-10H,11H2,(H3,23,25,29)(H,26,27,28). The molecule has 2 aromatic carbocycles. The van der Waals surface area contributed by atoms with Crippen LogP contribution >= 0.6 is 23.4 Å². The Balaban J connectivity index is 1.56. The van der Waals surface area contributed by atoms with E-state index in [1.807, 2.05) is 36.4 Å². The number of benzene rings is 2. The first-order chi connectivity index (χ1) is 14.5. The predicted octanol–water partition coefficient (Wildman–Crippen LogP) is 3.95. The summed E-state index contributed by atoms with van der Waals surface area (Å²) >= 11 is 7.47. The molecule has 3 amide bonds. The molecule has 4 N–H and O–H groups in total. The molecule has 0 atom stereocenters. The Bertz CT molecular complexity index is 1220. The number of carbonyl (C=O) groups excluding carboxylic acids is 2. The minimum atomic E-state index is -0.615. The molecule has 1 aliphatic heterocycles. The molecule has 3 aromatic rings. The summed E-state index contributed by atoms with van der Waals surface area (Å²) in [5.74, 6) is -0.229. The van der Waals surface area contributed by atoms with Gasteiger partial charge in [-0.25, -0.2) is 9.79 Å². The van der Waals surface area contributed by atoms with Crippen molar-refractivity contribution >= 4 is 63.1 Å². The van der Waals surface area contributed by atoms with Crippen LogP contribution in [0.2, 0.25) is 5.02 Å². The summed E-state index contributed by atoms with van der Waals surface area (Å²) in [6.07, 6.45) is 3.55. The van der Waals surface area contributed by atoms with Crippen molar-refractivity contribution in [1.82, 2.24) is 15.6 Å². The van der Waals surface area contributed by atoms with Crippen LogP contribution in [0.25, 0.3) is 17.0 Å². The third-order valence-electron chi connectivity index (χ3n) is 4.27. The number of nitrogens with two attached hydrogens (primary N) is 1. The van der Waals surface area contributed by atoms with E-state index in [1.165, 1.54) is 11.8 Å². The number of rotatable bonds is 4.